The molecule has 0 amide bonds. The van der Waals surface area contributed by atoms with E-state index >= 15 is 0 Å². The third-order valence-electron chi connectivity index (χ3n) is 0.675. The molecule has 0 saturated carbocycles. The Bertz CT molecular complexity index is 73.7. The van der Waals surface area contributed by atoms with Crippen molar-refractivity contribution in [1.82, 2.24) is 0 Å². The zero-order chi connectivity index (χ0) is 6.24. The van der Waals surface area contributed by atoms with Crippen LogP contribution in [0.15, 0.2) is 9.98 Å². The molecule has 0 atom stereocenters. The Labute approximate surface area is 49.3 Å². The number of nitrogens with zero attached hydrogens (tertiary/aromatic N) is 2. The van der Waals surface area contributed by atoms with Crippen molar-refractivity contribution in [1.29, 1.82) is 0 Å². The lowest BCUT2D eigenvalue weighted by atomic mass is 10.5. The van der Waals surface area contributed by atoms with E-state index in [1.807, 2.05) is 6.21 Å². The lowest BCUT2D eigenvalue weighted by Crippen LogP contribution is -1.90. The molecule has 0 spiro atoms. The van der Waals surface area contributed by atoms with Gasteiger partial charge in [-0.2, -0.15) is 0 Å². The van der Waals surface area contributed by atoms with Crippen LogP contribution in [0.25, 0.3) is 0 Å². The molecule has 2 N–H and O–H groups in total. The molecule has 0 aliphatic rings. The van der Waals surface area contributed by atoms with Crippen LogP contribution in [0.5, 0.6) is 0 Å². The van der Waals surface area contributed by atoms with Crippen LogP contribution in [-0.4, -0.2) is 26.1 Å². The van der Waals surface area contributed by atoms with Crippen LogP contribution in [-0.2, 0) is 0 Å². The van der Waals surface area contributed by atoms with E-state index in [1.54, 1.807) is 7.05 Å². The molecule has 0 aromatic heterocycles. The van der Waals surface area contributed by atoms with Gasteiger partial charge in [0.25, 0.3) is 0 Å². The Morgan fingerprint density at radius 2 is 2.38 bits per heavy atom. The van der Waals surface area contributed by atoms with Gasteiger partial charge >= 0.3 is 0 Å². The molecule has 0 fully saturated rings. The quantitative estimate of drug-likeness (QED) is 0.314. The summed E-state index contributed by atoms with van der Waals surface area (Å²) >= 11 is 0. The number of aliphatic imine (C=N–C) groups is 2. The topological polar surface area (TPSA) is 50.7 Å². The number of rotatable bonds is 3. The highest BCUT2D eigenvalue weighted by molar-refractivity contribution is 5.58. The Hall–Kier alpha value is -0.860. The highest BCUT2D eigenvalue weighted by Crippen LogP contribution is 1.72. The van der Waals surface area contributed by atoms with Crippen LogP contribution in [0, 0.1) is 0 Å². The van der Waals surface area contributed by atoms with E-state index < -0.39 is 0 Å². The highest BCUT2D eigenvalue weighted by atomic mass is 14.8. The second-order valence-corrected chi connectivity index (χ2v) is 1.28. The number of hydrogen-bond donors (Lipinski definition) is 1. The third kappa shape index (κ3) is 5.14. The molecule has 0 heterocycles. The van der Waals surface area contributed by atoms with Gasteiger partial charge in [0.05, 0.1) is 6.34 Å². The predicted molar refractivity (Wildman–Crippen MR) is 36.6 cm³/mol. The standard InChI is InChI=1S/C5H11N3/c1-7-3-2-4-8-5-6/h3,5H,2,4H2,1H3,(H2,6,8). The lowest BCUT2D eigenvalue weighted by molar-refractivity contribution is 1.06. The van der Waals surface area contributed by atoms with E-state index in [1.165, 1.54) is 6.34 Å². The van der Waals surface area contributed by atoms with E-state index in [-0.39, 0.29) is 0 Å². The minimum absolute atomic E-state index is 0.744. The average molecular weight is 113 g/mol. The summed E-state index contributed by atoms with van der Waals surface area (Å²) in [7, 11) is 1.74. The fourth-order valence-electron chi connectivity index (χ4n) is 0.336. The summed E-state index contributed by atoms with van der Waals surface area (Å²) in [6.07, 6.45) is 4.00. The molecule has 0 bridgehead atoms. The predicted octanol–water partition coefficient (Wildman–Crippen LogP) is 0.0641. The number of nitrogens with two attached hydrogens (primary N) is 1. The fourth-order valence-corrected chi connectivity index (χ4v) is 0.336. The van der Waals surface area contributed by atoms with Gasteiger partial charge in [0, 0.05) is 26.2 Å². The minimum atomic E-state index is 0.744. The molecule has 46 valence electrons. The first-order chi connectivity index (χ1) is 3.91. The zero-order valence-electron chi connectivity index (χ0n) is 5.04. The first kappa shape index (κ1) is 7.14. The molecule has 0 unspecified atom stereocenters. The highest BCUT2D eigenvalue weighted by Gasteiger charge is 1.72. The van der Waals surface area contributed by atoms with Gasteiger partial charge in [-0.1, -0.05) is 0 Å². The van der Waals surface area contributed by atoms with Gasteiger partial charge in [-0.3, -0.25) is 4.99 Å². The summed E-state index contributed by atoms with van der Waals surface area (Å²) in [4.78, 5) is 7.54. The zero-order valence-corrected chi connectivity index (χ0v) is 5.04. The summed E-state index contributed by atoms with van der Waals surface area (Å²) in [5, 5.41) is 0. The maximum Gasteiger partial charge on any atom is 0.0797 e. The second kappa shape index (κ2) is 6.14. The molecule has 3 nitrogen and oxygen atoms in total. The Balaban J connectivity index is 2.93. The van der Waals surface area contributed by atoms with Crippen molar-refractivity contribution < 1.29 is 0 Å². The first-order valence-corrected chi connectivity index (χ1v) is 2.52. The van der Waals surface area contributed by atoms with Gasteiger partial charge in [-0.25, -0.2) is 0 Å². The number of hydrogen-bond acceptors (Lipinski definition) is 2. The van der Waals surface area contributed by atoms with Gasteiger partial charge in [0.1, 0.15) is 0 Å². The Morgan fingerprint density at radius 1 is 1.62 bits per heavy atom. The van der Waals surface area contributed by atoms with E-state index in [4.69, 9.17) is 5.73 Å². The van der Waals surface area contributed by atoms with E-state index in [2.05, 4.69) is 9.98 Å². The second-order valence-electron chi connectivity index (χ2n) is 1.28. The summed E-state index contributed by atoms with van der Waals surface area (Å²) in [5.41, 5.74) is 4.97. The van der Waals surface area contributed by atoms with Gasteiger partial charge in [-0.15, -0.1) is 0 Å². The van der Waals surface area contributed by atoms with Crippen LogP contribution >= 0.6 is 0 Å². The van der Waals surface area contributed by atoms with E-state index in [0.717, 1.165) is 13.0 Å². The molecule has 3 heteroatoms. The lowest BCUT2D eigenvalue weighted by Gasteiger charge is -1.81. The molecule has 0 radical (unpaired) electrons. The van der Waals surface area contributed by atoms with Crippen LogP contribution < -0.4 is 5.73 Å². The SMILES string of the molecule is CN=CCCN=CN. The Kier molecular flexibility index (Phi) is 5.48. The maximum atomic E-state index is 4.97. The summed E-state index contributed by atoms with van der Waals surface area (Å²) in [6.45, 7) is 0.744. The molecule has 0 aromatic carbocycles. The van der Waals surface area contributed by atoms with Crippen molar-refractivity contribution in [2.24, 2.45) is 15.7 Å². The van der Waals surface area contributed by atoms with Crippen molar-refractivity contribution in [2.45, 2.75) is 6.42 Å². The molecule has 0 aromatic rings. The molecule has 0 rings (SSSR count). The van der Waals surface area contributed by atoms with Crippen molar-refractivity contribution in [3.05, 3.63) is 0 Å². The summed E-state index contributed by atoms with van der Waals surface area (Å²) in [5.74, 6) is 0. The fraction of sp³-hybridized carbons (Fsp3) is 0.600. The van der Waals surface area contributed by atoms with Crippen LogP contribution in [0.2, 0.25) is 0 Å². The monoisotopic (exact) mass is 113 g/mol. The summed E-state index contributed by atoms with van der Waals surface area (Å²) in [6, 6.07) is 0. The molecule has 0 saturated heterocycles. The Morgan fingerprint density at radius 3 is 2.88 bits per heavy atom. The van der Waals surface area contributed by atoms with Gasteiger partial charge in [-0.05, 0) is 0 Å². The smallest absolute Gasteiger partial charge is 0.0797 e. The van der Waals surface area contributed by atoms with Crippen LogP contribution in [0.1, 0.15) is 6.42 Å². The van der Waals surface area contributed by atoms with Gasteiger partial charge in [0.15, 0.2) is 0 Å². The van der Waals surface area contributed by atoms with Crippen molar-refractivity contribution >= 4 is 12.6 Å². The van der Waals surface area contributed by atoms with Crippen molar-refractivity contribution in [3.63, 3.8) is 0 Å². The van der Waals surface area contributed by atoms with E-state index in [0.29, 0.717) is 0 Å². The minimum Gasteiger partial charge on any atom is -0.390 e. The largest absolute Gasteiger partial charge is 0.390 e. The maximum absolute atomic E-state index is 4.97. The third-order valence-corrected chi connectivity index (χ3v) is 0.675. The first-order valence-electron chi connectivity index (χ1n) is 2.52. The van der Waals surface area contributed by atoms with Crippen molar-refractivity contribution in [3.8, 4) is 0 Å². The molecular formula is C5H11N3. The van der Waals surface area contributed by atoms with Crippen molar-refractivity contribution in [2.75, 3.05) is 13.6 Å². The van der Waals surface area contributed by atoms with E-state index in [9.17, 15) is 0 Å². The molecule has 0 aliphatic carbocycles. The van der Waals surface area contributed by atoms with Crippen LogP contribution in [0.3, 0.4) is 0 Å². The van der Waals surface area contributed by atoms with Gasteiger partial charge in [0.2, 0.25) is 0 Å². The average Bonchev–Trinajstić information content (AvgIpc) is 1.81. The normalized spacial score (nSPS) is 11.6. The van der Waals surface area contributed by atoms with Gasteiger partial charge < -0.3 is 10.7 Å². The summed E-state index contributed by atoms with van der Waals surface area (Å²) < 4.78 is 0. The molecular weight excluding hydrogens is 102 g/mol. The molecule has 8 heavy (non-hydrogen) atoms. The van der Waals surface area contributed by atoms with Crippen LogP contribution in [0.4, 0.5) is 0 Å². The molecule has 0 aliphatic heterocycles.